The van der Waals surface area contributed by atoms with Crippen LogP contribution in [0.5, 0.6) is 0 Å². The highest BCUT2D eigenvalue weighted by Crippen LogP contribution is 2.32. The van der Waals surface area contributed by atoms with Gasteiger partial charge in [-0.15, -0.1) is 0 Å². The fraction of sp³-hybridized carbons (Fsp3) is 0.462. The summed E-state index contributed by atoms with van der Waals surface area (Å²) in [6, 6.07) is 6.83. The molecule has 0 heterocycles. The Morgan fingerprint density at radius 1 is 1.35 bits per heavy atom. The molecule has 0 saturated heterocycles. The van der Waals surface area contributed by atoms with Gasteiger partial charge in [-0.25, -0.2) is 0 Å². The molecule has 0 spiro atoms. The molecule has 1 amide bonds. The lowest BCUT2D eigenvalue weighted by molar-refractivity contribution is -0.192. The van der Waals surface area contributed by atoms with E-state index in [1.807, 2.05) is 0 Å². The monoisotopic (exact) mass is 352 g/mol. The van der Waals surface area contributed by atoms with E-state index in [0.29, 0.717) is 5.69 Å². The van der Waals surface area contributed by atoms with Gasteiger partial charge in [0.2, 0.25) is 5.91 Å². The number of anilines is 1. The van der Waals surface area contributed by atoms with Crippen molar-refractivity contribution in [2.75, 3.05) is 11.9 Å². The van der Waals surface area contributed by atoms with Crippen molar-refractivity contribution in [2.45, 2.75) is 32.0 Å². The summed E-state index contributed by atoms with van der Waals surface area (Å²) >= 11 is 3.24. The first-order valence-corrected chi connectivity index (χ1v) is 6.84. The third kappa shape index (κ3) is 4.49. The number of halogens is 4. The van der Waals surface area contributed by atoms with Gasteiger partial charge < -0.3 is 5.32 Å². The topological polar surface area (TPSA) is 41.1 Å². The molecule has 0 bridgehead atoms. The highest BCUT2D eigenvalue weighted by Gasteiger charge is 2.49. The van der Waals surface area contributed by atoms with Crippen molar-refractivity contribution in [1.82, 2.24) is 5.32 Å². The van der Waals surface area contributed by atoms with Crippen LogP contribution < -0.4 is 10.6 Å². The van der Waals surface area contributed by atoms with E-state index in [-0.39, 0.29) is 6.42 Å². The van der Waals surface area contributed by atoms with E-state index < -0.39 is 24.2 Å². The largest absolute Gasteiger partial charge is 0.406 e. The lowest BCUT2D eigenvalue weighted by atomic mass is 9.98. The van der Waals surface area contributed by atoms with Crippen molar-refractivity contribution >= 4 is 27.5 Å². The van der Waals surface area contributed by atoms with Crippen LogP contribution in [-0.4, -0.2) is 24.2 Å². The van der Waals surface area contributed by atoms with Crippen molar-refractivity contribution in [1.29, 1.82) is 0 Å². The minimum atomic E-state index is -4.40. The molecule has 1 atom stereocenters. The van der Waals surface area contributed by atoms with E-state index in [4.69, 9.17) is 0 Å². The second-order valence-electron chi connectivity index (χ2n) is 4.60. The van der Waals surface area contributed by atoms with Crippen LogP contribution in [0.4, 0.5) is 18.9 Å². The second kappa shape index (κ2) is 6.58. The van der Waals surface area contributed by atoms with Crippen molar-refractivity contribution in [2.24, 2.45) is 0 Å². The maximum atomic E-state index is 12.8. The van der Waals surface area contributed by atoms with E-state index in [1.54, 1.807) is 24.3 Å². The summed E-state index contributed by atoms with van der Waals surface area (Å²) in [4.78, 5) is 11.7. The molecule has 1 rings (SSSR count). The average Bonchev–Trinajstić information content (AvgIpc) is 2.34. The van der Waals surface area contributed by atoms with E-state index in [0.717, 1.165) is 11.4 Å². The van der Waals surface area contributed by atoms with Crippen LogP contribution in [0.25, 0.3) is 0 Å². The zero-order valence-electron chi connectivity index (χ0n) is 11.1. The minimum Gasteiger partial charge on any atom is -0.325 e. The van der Waals surface area contributed by atoms with Gasteiger partial charge in [-0.2, -0.15) is 13.2 Å². The first-order chi connectivity index (χ1) is 9.18. The third-order valence-electron chi connectivity index (χ3n) is 3.08. The number of carbonyl (C=O) groups is 1. The summed E-state index contributed by atoms with van der Waals surface area (Å²) in [5.74, 6) is -0.521. The summed E-state index contributed by atoms with van der Waals surface area (Å²) in [6.45, 7) is 2.06. The zero-order chi connectivity index (χ0) is 15.4. The van der Waals surface area contributed by atoms with Crippen molar-refractivity contribution in [3.8, 4) is 0 Å². The van der Waals surface area contributed by atoms with Gasteiger partial charge in [0.25, 0.3) is 0 Å². The molecule has 1 aromatic rings. The summed E-state index contributed by atoms with van der Waals surface area (Å²) in [5, 5.41) is 4.80. The molecule has 2 N–H and O–H groups in total. The molecule has 3 nitrogen and oxygen atoms in total. The number of hydrogen-bond donors (Lipinski definition) is 2. The number of benzene rings is 1. The van der Waals surface area contributed by atoms with Gasteiger partial charge >= 0.3 is 6.18 Å². The molecule has 20 heavy (non-hydrogen) atoms. The number of nitrogens with one attached hydrogen (secondary N) is 2. The molecular formula is C13H16BrF3N2O. The fourth-order valence-corrected chi connectivity index (χ4v) is 1.87. The molecule has 1 unspecified atom stereocenters. The van der Waals surface area contributed by atoms with E-state index in [9.17, 15) is 18.0 Å². The van der Waals surface area contributed by atoms with E-state index >= 15 is 0 Å². The normalized spacial score (nSPS) is 14.7. The quantitative estimate of drug-likeness (QED) is 0.848. The van der Waals surface area contributed by atoms with Crippen LogP contribution >= 0.6 is 15.9 Å². The number of hydrogen-bond acceptors (Lipinski definition) is 2. The number of alkyl halides is 3. The highest BCUT2D eigenvalue weighted by atomic mass is 79.9. The molecule has 1 aromatic carbocycles. The Hall–Kier alpha value is -1.08. The van der Waals surface area contributed by atoms with Crippen LogP contribution in [0.2, 0.25) is 0 Å². The van der Waals surface area contributed by atoms with Crippen LogP contribution in [-0.2, 0) is 4.79 Å². The second-order valence-corrected chi connectivity index (χ2v) is 5.51. The lowest BCUT2D eigenvalue weighted by Gasteiger charge is -2.31. The summed E-state index contributed by atoms with van der Waals surface area (Å²) in [6.07, 6.45) is -4.56. The standard InChI is InChI=1S/C13H16BrF3N2O/c1-3-12(2,13(15,16)17)18-8-11(20)19-10-6-4-5-9(14)7-10/h4-7,18H,3,8H2,1-2H3,(H,19,20). The molecule has 0 fully saturated rings. The molecule has 0 aliphatic carbocycles. The van der Waals surface area contributed by atoms with Gasteiger partial charge in [-0.1, -0.05) is 28.9 Å². The summed E-state index contributed by atoms with van der Waals surface area (Å²) in [7, 11) is 0. The molecule has 0 radical (unpaired) electrons. The summed E-state index contributed by atoms with van der Waals surface area (Å²) in [5.41, 5.74) is -1.54. The first-order valence-electron chi connectivity index (χ1n) is 6.05. The number of carbonyl (C=O) groups excluding carboxylic acids is 1. The van der Waals surface area contributed by atoms with E-state index in [1.165, 1.54) is 6.92 Å². The molecule has 7 heteroatoms. The molecule has 112 valence electrons. The molecular weight excluding hydrogens is 337 g/mol. The van der Waals surface area contributed by atoms with Gasteiger partial charge in [-0.3, -0.25) is 10.1 Å². The van der Waals surface area contributed by atoms with Crippen molar-refractivity contribution in [3.63, 3.8) is 0 Å². The third-order valence-corrected chi connectivity index (χ3v) is 3.57. The summed E-state index contributed by atoms with van der Waals surface area (Å²) < 4.78 is 39.3. The Balaban J connectivity index is 2.59. The Labute approximate surface area is 124 Å². The maximum Gasteiger partial charge on any atom is 0.406 e. The van der Waals surface area contributed by atoms with Crippen molar-refractivity contribution < 1.29 is 18.0 Å². The van der Waals surface area contributed by atoms with Gasteiger partial charge in [0, 0.05) is 10.2 Å². The smallest absolute Gasteiger partial charge is 0.325 e. The Morgan fingerprint density at radius 3 is 2.50 bits per heavy atom. The Morgan fingerprint density at radius 2 is 2.00 bits per heavy atom. The van der Waals surface area contributed by atoms with Crippen LogP contribution in [0.1, 0.15) is 20.3 Å². The lowest BCUT2D eigenvalue weighted by Crippen LogP contribution is -2.55. The average molecular weight is 353 g/mol. The van der Waals surface area contributed by atoms with Crippen LogP contribution in [0.15, 0.2) is 28.7 Å². The van der Waals surface area contributed by atoms with Crippen LogP contribution in [0, 0.1) is 0 Å². The maximum absolute atomic E-state index is 12.8. The fourth-order valence-electron chi connectivity index (χ4n) is 1.47. The molecule has 0 aromatic heterocycles. The highest BCUT2D eigenvalue weighted by molar-refractivity contribution is 9.10. The molecule has 0 saturated carbocycles. The SMILES string of the molecule is CCC(C)(NCC(=O)Nc1cccc(Br)c1)C(F)(F)F. The number of rotatable bonds is 5. The van der Waals surface area contributed by atoms with Gasteiger partial charge in [0.15, 0.2) is 0 Å². The van der Waals surface area contributed by atoms with Crippen molar-refractivity contribution in [3.05, 3.63) is 28.7 Å². The van der Waals surface area contributed by atoms with E-state index in [2.05, 4.69) is 26.6 Å². The Kier molecular flexibility index (Phi) is 5.59. The number of amides is 1. The Bertz CT molecular complexity index is 479. The zero-order valence-corrected chi connectivity index (χ0v) is 12.7. The van der Waals surface area contributed by atoms with Gasteiger partial charge in [-0.05, 0) is 31.5 Å². The first kappa shape index (κ1) is 17.0. The van der Waals surface area contributed by atoms with Crippen LogP contribution in [0.3, 0.4) is 0 Å². The predicted molar refractivity (Wildman–Crippen MR) is 75.5 cm³/mol. The van der Waals surface area contributed by atoms with Gasteiger partial charge in [0.1, 0.15) is 5.54 Å². The predicted octanol–water partition coefficient (Wildman–Crippen LogP) is 3.71. The molecule has 0 aliphatic heterocycles. The molecule has 0 aliphatic rings. The van der Waals surface area contributed by atoms with Gasteiger partial charge in [0.05, 0.1) is 6.54 Å². The minimum absolute atomic E-state index is 0.152.